The first kappa shape index (κ1) is 24.1. The Balaban J connectivity index is 1.20. The first-order valence-corrected chi connectivity index (χ1v) is 13.4. The van der Waals surface area contributed by atoms with Gasteiger partial charge in [0.15, 0.2) is 0 Å². The van der Waals surface area contributed by atoms with Crippen LogP contribution in [0.25, 0.3) is 33.3 Å². The summed E-state index contributed by atoms with van der Waals surface area (Å²) >= 11 is 0. The molecule has 8 heteroatoms. The summed E-state index contributed by atoms with van der Waals surface area (Å²) < 4.78 is 5.80. The van der Waals surface area contributed by atoms with Crippen molar-refractivity contribution in [1.29, 1.82) is 0 Å². The number of hydrogen-bond donors (Lipinski definition) is 1. The van der Waals surface area contributed by atoms with Crippen molar-refractivity contribution < 1.29 is 14.3 Å². The molecule has 0 spiro atoms. The second-order valence-corrected chi connectivity index (χ2v) is 10.2. The van der Waals surface area contributed by atoms with E-state index in [-0.39, 0.29) is 11.8 Å². The van der Waals surface area contributed by atoms with Crippen molar-refractivity contribution in [2.75, 3.05) is 29.5 Å². The van der Waals surface area contributed by atoms with Crippen LogP contribution in [0.3, 0.4) is 0 Å². The lowest BCUT2D eigenvalue weighted by atomic mass is 10.0. The Bertz CT molecular complexity index is 1780. The number of aryl methyl sites for hydroxylation is 1. The second-order valence-electron chi connectivity index (χ2n) is 10.2. The van der Waals surface area contributed by atoms with Crippen molar-refractivity contribution in [2.24, 2.45) is 0 Å². The summed E-state index contributed by atoms with van der Waals surface area (Å²) in [6, 6.07) is 19.8. The first-order chi connectivity index (χ1) is 19.5. The van der Waals surface area contributed by atoms with Crippen LogP contribution < -0.4 is 14.5 Å². The molecule has 8 nitrogen and oxygen atoms in total. The van der Waals surface area contributed by atoms with Gasteiger partial charge in [0, 0.05) is 53.8 Å². The molecule has 0 unspecified atom stereocenters. The van der Waals surface area contributed by atoms with Gasteiger partial charge in [-0.1, -0.05) is 18.2 Å². The number of aromatic nitrogens is 3. The fourth-order valence-electron chi connectivity index (χ4n) is 5.58. The van der Waals surface area contributed by atoms with Gasteiger partial charge in [-0.3, -0.25) is 14.6 Å². The molecular weight excluding hydrogens is 502 g/mol. The molecule has 40 heavy (non-hydrogen) atoms. The Hall–Kier alpha value is -4.98. The molecular formula is C32H27N5O3. The number of carbonyl (C=O) groups is 2. The summed E-state index contributed by atoms with van der Waals surface area (Å²) in [5, 5.41) is 0.852. The highest BCUT2D eigenvalue weighted by Gasteiger charge is 2.26. The van der Waals surface area contributed by atoms with E-state index in [2.05, 4.69) is 21.0 Å². The van der Waals surface area contributed by atoms with Crippen LogP contribution in [0.15, 0.2) is 79.3 Å². The van der Waals surface area contributed by atoms with Gasteiger partial charge in [-0.15, -0.1) is 0 Å². The zero-order valence-corrected chi connectivity index (χ0v) is 22.1. The van der Waals surface area contributed by atoms with E-state index in [0.29, 0.717) is 30.9 Å². The third kappa shape index (κ3) is 4.18. The van der Waals surface area contributed by atoms with Gasteiger partial charge in [-0.25, -0.2) is 4.98 Å². The number of hydrogen-bond acceptors (Lipinski definition) is 5. The van der Waals surface area contributed by atoms with E-state index in [0.717, 1.165) is 63.3 Å². The number of anilines is 2. The Morgan fingerprint density at radius 1 is 0.950 bits per heavy atom. The van der Waals surface area contributed by atoms with Crippen LogP contribution in [0.1, 0.15) is 28.9 Å². The molecule has 1 fully saturated rings. The topological polar surface area (TPSA) is 91.4 Å². The lowest BCUT2D eigenvalue weighted by Gasteiger charge is -2.29. The van der Waals surface area contributed by atoms with Crippen molar-refractivity contribution >= 4 is 34.2 Å². The first-order valence-electron chi connectivity index (χ1n) is 13.4. The fraction of sp³-hybridized carbons (Fsp3) is 0.188. The maximum atomic E-state index is 13.6. The van der Waals surface area contributed by atoms with E-state index in [9.17, 15) is 9.59 Å². The van der Waals surface area contributed by atoms with E-state index in [1.54, 1.807) is 11.1 Å². The highest BCUT2D eigenvalue weighted by molar-refractivity contribution is 6.09. The number of rotatable bonds is 4. The molecule has 5 aromatic rings. The third-order valence-electron chi connectivity index (χ3n) is 7.62. The minimum absolute atomic E-state index is 0.124. The predicted octanol–water partition coefficient (Wildman–Crippen LogP) is 5.77. The summed E-state index contributed by atoms with van der Waals surface area (Å²) in [5.74, 6) is 0.772. The lowest BCUT2D eigenvalue weighted by Crippen LogP contribution is -2.38. The van der Waals surface area contributed by atoms with Gasteiger partial charge in [-0.2, -0.15) is 0 Å². The molecule has 2 amide bonds. The molecule has 2 aliphatic heterocycles. The van der Waals surface area contributed by atoms with Crippen molar-refractivity contribution in [3.05, 3.63) is 90.5 Å². The number of nitrogens with zero attached hydrogens (tertiary/aromatic N) is 4. The van der Waals surface area contributed by atoms with Gasteiger partial charge in [-0.05, 0) is 72.5 Å². The average Bonchev–Trinajstić information content (AvgIpc) is 3.63. The zero-order valence-electron chi connectivity index (χ0n) is 22.1. The SMILES string of the molecule is Cc1ccc2c(c1)OCCN2C(=O)c1cc2c(-c3cncc(-c4ccc(N5CCCC5=O)cc4)c3)ccnc2[nH]1. The molecule has 2 aromatic carbocycles. The Morgan fingerprint density at radius 2 is 1.80 bits per heavy atom. The summed E-state index contributed by atoms with van der Waals surface area (Å²) in [7, 11) is 0. The third-order valence-corrected chi connectivity index (χ3v) is 7.62. The summed E-state index contributed by atoms with van der Waals surface area (Å²) in [6.07, 6.45) is 6.91. The van der Waals surface area contributed by atoms with Crippen LogP contribution in [0.4, 0.5) is 11.4 Å². The Kier molecular flexibility index (Phi) is 5.81. The predicted molar refractivity (Wildman–Crippen MR) is 155 cm³/mol. The number of amides is 2. The molecule has 0 radical (unpaired) electrons. The molecule has 2 aliphatic rings. The van der Waals surface area contributed by atoms with Gasteiger partial charge in [0.05, 0.1) is 12.2 Å². The number of ether oxygens (including phenoxy) is 1. The number of nitrogens with one attached hydrogen (secondary N) is 1. The minimum atomic E-state index is -0.124. The molecule has 1 saturated heterocycles. The summed E-state index contributed by atoms with van der Waals surface area (Å²) in [6.45, 7) is 3.69. The molecule has 3 aromatic heterocycles. The Labute approximate surface area is 231 Å². The molecule has 198 valence electrons. The number of benzene rings is 2. The van der Waals surface area contributed by atoms with Gasteiger partial charge in [0.1, 0.15) is 23.7 Å². The molecule has 0 saturated carbocycles. The molecule has 0 atom stereocenters. The molecule has 5 heterocycles. The minimum Gasteiger partial charge on any atom is -0.490 e. The van der Waals surface area contributed by atoms with Gasteiger partial charge in [0.2, 0.25) is 5.91 Å². The van der Waals surface area contributed by atoms with E-state index in [1.165, 1.54) is 0 Å². The van der Waals surface area contributed by atoms with Gasteiger partial charge < -0.3 is 19.5 Å². The van der Waals surface area contributed by atoms with Crippen LogP contribution in [0.2, 0.25) is 0 Å². The van der Waals surface area contributed by atoms with E-state index in [4.69, 9.17) is 4.74 Å². The molecule has 0 aliphatic carbocycles. The average molecular weight is 530 g/mol. The standard InChI is InChI=1S/C32H27N5O3/c1-20-4-9-28-29(15-20)40-14-13-37(28)32(39)27-17-26-25(10-11-34-31(26)35-27)23-16-22(18-33-19-23)21-5-7-24(8-6-21)36-12-2-3-30(36)38/h4-11,15-19H,2-3,12-14H2,1H3,(H,34,35). The maximum absolute atomic E-state index is 13.6. The van der Waals surface area contributed by atoms with E-state index >= 15 is 0 Å². The van der Waals surface area contributed by atoms with Crippen molar-refractivity contribution in [3.63, 3.8) is 0 Å². The summed E-state index contributed by atoms with van der Waals surface area (Å²) in [4.78, 5) is 41.6. The van der Waals surface area contributed by atoms with Crippen LogP contribution in [0.5, 0.6) is 5.75 Å². The Morgan fingerprint density at radius 3 is 2.62 bits per heavy atom. The van der Waals surface area contributed by atoms with Crippen molar-refractivity contribution in [1.82, 2.24) is 15.0 Å². The maximum Gasteiger partial charge on any atom is 0.274 e. The fourth-order valence-corrected chi connectivity index (χ4v) is 5.58. The van der Waals surface area contributed by atoms with Gasteiger partial charge in [0.25, 0.3) is 5.91 Å². The molecule has 0 bridgehead atoms. The highest BCUT2D eigenvalue weighted by atomic mass is 16.5. The van der Waals surface area contributed by atoms with Gasteiger partial charge >= 0.3 is 0 Å². The number of H-pyrrole nitrogens is 1. The number of pyridine rings is 2. The van der Waals surface area contributed by atoms with Crippen LogP contribution in [0, 0.1) is 6.92 Å². The number of carbonyl (C=O) groups excluding carboxylic acids is 2. The molecule has 7 rings (SSSR count). The van der Waals surface area contributed by atoms with Crippen molar-refractivity contribution in [3.8, 4) is 28.0 Å². The quantitative estimate of drug-likeness (QED) is 0.319. The van der Waals surface area contributed by atoms with Crippen LogP contribution >= 0.6 is 0 Å². The van der Waals surface area contributed by atoms with Crippen molar-refractivity contribution in [2.45, 2.75) is 19.8 Å². The monoisotopic (exact) mass is 529 g/mol. The van der Waals surface area contributed by atoms with Crippen LogP contribution in [-0.4, -0.2) is 46.5 Å². The zero-order chi connectivity index (χ0) is 27.2. The highest BCUT2D eigenvalue weighted by Crippen LogP contribution is 2.35. The smallest absolute Gasteiger partial charge is 0.274 e. The van der Waals surface area contributed by atoms with E-state index in [1.807, 2.05) is 78.8 Å². The molecule has 1 N–H and O–H groups in total. The normalized spacial score (nSPS) is 14.9. The number of fused-ring (bicyclic) bond motifs is 2. The lowest BCUT2D eigenvalue weighted by molar-refractivity contribution is -0.117. The number of aromatic amines is 1. The van der Waals surface area contributed by atoms with E-state index < -0.39 is 0 Å². The summed E-state index contributed by atoms with van der Waals surface area (Å²) in [5.41, 5.74) is 7.74. The second kappa shape index (κ2) is 9.64. The van der Waals surface area contributed by atoms with Crippen LogP contribution in [-0.2, 0) is 4.79 Å². The largest absolute Gasteiger partial charge is 0.490 e.